The second-order valence-corrected chi connectivity index (χ2v) is 12.0. The van der Waals surface area contributed by atoms with E-state index in [1.165, 1.54) is 0 Å². The average molecular weight is 630 g/mol. The van der Waals surface area contributed by atoms with Crippen molar-refractivity contribution in [2.24, 2.45) is 0 Å². The number of allylic oxidation sites excluding steroid dienone is 1. The number of phenolic OH excluding ortho intramolecular Hbond substituents is 1. The minimum absolute atomic E-state index is 0.0740. The van der Waals surface area contributed by atoms with Gasteiger partial charge in [0.1, 0.15) is 17.6 Å². The fraction of sp³-hybridized carbons (Fsp3) is 0.270. The monoisotopic (exact) mass is 629 g/mol. The predicted octanol–water partition coefficient (Wildman–Crippen LogP) is 8.86. The first kappa shape index (κ1) is 30.8. The van der Waals surface area contributed by atoms with Crippen LogP contribution in [0.5, 0.6) is 11.5 Å². The van der Waals surface area contributed by atoms with Gasteiger partial charge < -0.3 is 9.84 Å². The molecule has 1 heterocycles. The molecule has 1 atom stereocenters. The zero-order valence-electron chi connectivity index (χ0n) is 24.8. The van der Waals surface area contributed by atoms with Crippen LogP contribution in [0.25, 0.3) is 22.3 Å². The van der Waals surface area contributed by atoms with E-state index < -0.39 is 5.97 Å². The van der Waals surface area contributed by atoms with Gasteiger partial charge in [0, 0.05) is 34.7 Å². The maximum atomic E-state index is 12.6. The Hall–Kier alpha value is -4.20. The SMILES string of the molecule is O=C(OF)c1ccc(-c2ccc3c(c2)CCCC(c2ccc(Cl)cc2O)=C3c2ccc(OC3CCN(CCCF)C3)cc2)cc1. The number of halogens is 3. The summed E-state index contributed by atoms with van der Waals surface area (Å²) in [7, 11) is 0. The molecule has 232 valence electrons. The highest BCUT2D eigenvalue weighted by Crippen LogP contribution is 2.44. The van der Waals surface area contributed by atoms with E-state index in [0.717, 1.165) is 95.6 Å². The van der Waals surface area contributed by atoms with Crippen LogP contribution in [0.15, 0.2) is 84.9 Å². The van der Waals surface area contributed by atoms with Gasteiger partial charge in [-0.3, -0.25) is 9.29 Å². The lowest BCUT2D eigenvalue weighted by molar-refractivity contribution is -0.0788. The molecule has 0 spiro atoms. The van der Waals surface area contributed by atoms with Crippen LogP contribution < -0.4 is 4.74 Å². The summed E-state index contributed by atoms with van der Waals surface area (Å²) >= 11 is 6.20. The third-order valence-corrected chi connectivity index (χ3v) is 8.88. The van der Waals surface area contributed by atoms with E-state index >= 15 is 0 Å². The molecule has 0 amide bonds. The number of rotatable bonds is 9. The summed E-state index contributed by atoms with van der Waals surface area (Å²) in [5, 5.41) is 11.5. The number of nitrogens with zero attached hydrogens (tertiary/aromatic N) is 1. The molecule has 0 aromatic heterocycles. The Morgan fingerprint density at radius 3 is 2.38 bits per heavy atom. The highest BCUT2D eigenvalue weighted by atomic mass is 35.5. The van der Waals surface area contributed by atoms with Crippen LogP contribution in [-0.4, -0.2) is 48.4 Å². The molecule has 8 heteroatoms. The topological polar surface area (TPSA) is 59.0 Å². The van der Waals surface area contributed by atoms with Crippen molar-refractivity contribution >= 4 is 28.7 Å². The Labute approximate surface area is 266 Å². The fourth-order valence-electron chi connectivity index (χ4n) is 6.44. The number of hydrogen-bond donors (Lipinski definition) is 1. The quantitative estimate of drug-likeness (QED) is 0.200. The van der Waals surface area contributed by atoms with E-state index in [1.807, 2.05) is 24.3 Å². The summed E-state index contributed by atoms with van der Waals surface area (Å²) in [6.07, 6.45) is 4.00. The first-order chi connectivity index (χ1) is 21.9. The summed E-state index contributed by atoms with van der Waals surface area (Å²) in [5.41, 5.74) is 8.10. The normalized spacial score (nSPS) is 16.7. The van der Waals surface area contributed by atoms with Crippen molar-refractivity contribution in [1.29, 1.82) is 0 Å². The van der Waals surface area contributed by atoms with Crippen LogP contribution in [-0.2, 0) is 11.4 Å². The number of benzene rings is 4. The molecule has 45 heavy (non-hydrogen) atoms. The van der Waals surface area contributed by atoms with Crippen LogP contribution in [0.2, 0.25) is 5.02 Å². The van der Waals surface area contributed by atoms with Crippen molar-refractivity contribution in [2.45, 2.75) is 38.2 Å². The number of likely N-dealkylation sites (tertiary alicyclic amines) is 1. The standard InChI is InChI=1S/C37H34ClF2NO4/c38-29-12-16-33(35(42)22-29)34-4-1-3-28-21-27(24-5-7-26(8-6-24)37(43)45-40)11-15-32(28)36(34)25-9-13-30(14-10-25)44-31-17-20-41(23-31)19-2-18-39/h5-16,21-22,31,42H,1-4,17-20,23H2. The number of fused-ring (bicyclic) bond motifs is 1. The van der Waals surface area contributed by atoms with Gasteiger partial charge in [0.25, 0.3) is 0 Å². The van der Waals surface area contributed by atoms with E-state index in [2.05, 4.69) is 34.1 Å². The Morgan fingerprint density at radius 2 is 1.64 bits per heavy atom. The fourth-order valence-corrected chi connectivity index (χ4v) is 6.61. The van der Waals surface area contributed by atoms with E-state index in [9.17, 15) is 18.8 Å². The second kappa shape index (κ2) is 13.8. The van der Waals surface area contributed by atoms with Crippen molar-refractivity contribution in [2.75, 3.05) is 26.3 Å². The average Bonchev–Trinajstić information content (AvgIpc) is 3.42. The van der Waals surface area contributed by atoms with Gasteiger partial charge in [0.2, 0.25) is 0 Å². The zero-order chi connectivity index (χ0) is 31.3. The Balaban J connectivity index is 1.35. The summed E-state index contributed by atoms with van der Waals surface area (Å²) < 4.78 is 31.3. The molecule has 0 radical (unpaired) electrons. The maximum Gasteiger partial charge on any atom is 0.379 e. The number of carbonyl (C=O) groups excluding carboxylic acids is 1. The molecule has 1 unspecified atom stereocenters. The molecule has 6 rings (SSSR count). The zero-order valence-corrected chi connectivity index (χ0v) is 25.5. The van der Waals surface area contributed by atoms with Gasteiger partial charge in [-0.1, -0.05) is 54.1 Å². The lowest BCUT2D eigenvalue weighted by Gasteiger charge is -2.19. The van der Waals surface area contributed by atoms with Crippen LogP contribution in [0, 0.1) is 0 Å². The largest absolute Gasteiger partial charge is 0.507 e. The first-order valence-electron chi connectivity index (χ1n) is 15.3. The highest BCUT2D eigenvalue weighted by Gasteiger charge is 2.25. The lowest BCUT2D eigenvalue weighted by atomic mass is 9.86. The molecule has 0 bridgehead atoms. The van der Waals surface area contributed by atoms with Gasteiger partial charge in [-0.2, -0.15) is 0 Å². The van der Waals surface area contributed by atoms with Gasteiger partial charge >= 0.3 is 5.97 Å². The molecule has 1 N–H and O–H groups in total. The lowest BCUT2D eigenvalue weighted by Crippen LogP contribution is -2.26. The Kier molecular flexibility index (Phi) is 9.47. The molecule has 4 aromatic carbocycles. The highest BCUT2D eigenvalue weighted by molar-refractivity contribution is 6.30. The molecule has 1 aliphatic carbocycles. The number of aryl methyl sites for hydroxylation is 1. The molecule has 1 saturated heterocycles. The second-order valence-electron chi connectivity index (χ2n) is 11.6. The van der Waals surface area contributed by atoms with Crippen LogP contribution in [0.1, 0.15) is 58.3 Å². The van der Waals surface area contributed by atoms with Gasteiger partial charge in [-0.25, -0.2) is 9.74 Å². The molecule has 0 saturated carbocycles. The van der Waals surface area contributed by atoms with Crippen molar-refractivity contribution in [1.82, 2.24) is 4.90 Å². The molecule has 1 fully saturated rings. The molecule has 5 nitrogen and oxygen atoms in total. The smallest absolute Gasteiger partial charge is 0.379 e. The molecular weight excluding hydrogens is 596 g/mol. The number of hydrogen-bond acceptors (Lipinski definition) is 5. The van der Waals surface area contributed by atoms with Crippen LogP contribution in [0.4, 0.5) is 8.92 Å². The number of alkyl halides is 1. The first-order valence-corrected chi connectivity index (χ1v) is 15.7. The number of aromatic hydroxyl groups is 1. The Bertz CT molecular complexity index is 1710. The minimum atomic E-state index is -1.02. The molecule has 1 aliphatic heterocycles. The van der Waals surface area contributed by atoms with Crippen LogP contribution in [0.3, 0.4) is 0 Å². The predicted molar refractivity (Wildman–Crippen MR) is 173 cm³/mol. The van der Waals surface area contributed by atoms with Crippen molar-refractivity contribution in [3.8, 4) is 22.6 Å². The summed E-state index contributed by atoms with van der Waals surface area (Å²) in [6.45, 7) is 2.16. The van der Waals surface area contributed by atoms with Crippen molar-refractivity contribution in [3.05, 3.63) is 118 Å². The number of phenols is 1. The number of carbonyl (C=O) groups is 1. The summed E-state index contributed by atoms with van der Waals surface area (Å²) in [6, 6.07) is 26.3. The maximum absolute atomic E-state index is 12.6. The van der Waals surface area contributed by atoms with Gasteiger partial charge in [0.15, 0.2) is 0 Å². The van der Waals surface area contributed by atoms with Crippen molar-refractivity contribution < 1.29 is 28.5 Å². The van der Waals surface area contributed by atoms with Gasteiger partial charge in [-0.05, 0) is 114 Å². The van der Waals surface area contributed by atoms with E-state index in [4.69, 9.17) is 16.3 Å². The van der Waals surface area contributed by atoms with E-state index in [-0.39, 0.29) is 24.1 Å². The van der Waals surface area contributed by atoms with E-state index in [1.54, 1.807) is 36.4 Å². The van der Waals surface area contributed by atoms with Crippen LogP contribution >= 0.6 is 11.6 Å². The Morgan fingerprint density at radius 1 is 0.911 bits per heavy atom. The van der Waals surface area contributed by atoms with Crippen molar-refractivity contribution in [3.63, 3.8) is 0 Å². The summed E-state index contributed by atoms with van der Waals surface area (Å²) in [4.78, 5) is 17.2. The third-order valence-electron chi connectivity index (χ3n) is 8.64. The molecular formula is C37H34ClF2NO4. The van der Waals surface area contributed by atoms with Gasteiger partial charge in [0.05, 0.1) is 12.2 Å². The van der Waals surface area contributed by atoms with E-state index in [0.29, 0.717) is 11.4 Å². The van der Waals surface area contributed by atoms with Gasteiger partial charge in [-0.15, -0.1) is 0 Å². The molecule has 2 aliphatic rings. The molecule has 4 aromatic rings. The third kappa shape index (κ3) is 6.90. The number of ether oxygens (including phenoxy) is 1. The summed E-state index contributed by atoms with van der Waals surface area (Å²) in [5.74, 6) is -0.0937. The minimum Gasteiger partial charge on any atom is -0.507 e.